The lowest BCUT2D eigenvalue weighted by molar-refractivity contribution is 0.0690. The number of nitrogens with one attached hydrogen (secondary N) is 2. The summed E-state index contributed by atoms with van der Waals surface area (Å²) in [6.07, 6.45) is 6.44. The van der Waals surface area contributed by atoms with Gasteiger partial charge in [-0.1, -0.05) is 67.1 Å². The standard InChI is InChI=1S/C38H38N2O4/c1-23-14-16-27(37(41)39-22-28-20-24-15-17-26(28)19-24)21-33(23)32-11-5-10-30-31(36(38(42)43)40-35(30)32)12-6-18-44-34-13-4-8-25-7-2-3-9-29(25)34/h2-5,7-11,13-14,16,21,24,26,28,40H,6,12,15,17-20,22H2,1H3,(H,39,41)(H,42,43)/t24-,26+,28?/m1/s1. The molecule has 2 saturated carbocycles. The van der Waals surface area contributed by atoms with Crippen molar-refractivity contribution in [3.05, 3.63) is 101 Å². The van der Waals surface area contributed by atoms with Gasteiger partial charge in [0.25, 0.3) is 5.91 Å². The highest BCUT2D eigenvalue weighted by molar-refractivity contribution is 6.04. The van der Waals surface area contributed by atoms with Gasteiger partial charge in [-0.15, -0.1) is 0 Å². The van der Waals surface area contributed by atoms with E-state index in [1.54, 1.807) is 0 Å². The highest BCUT2D eigenvalue weighted by atomic mass is 16.5. The van der Waals surface area contributed by atoms with Crippen LogP contribution in [0, 0.1) is 24.7 Å². The van der Waals surface area contributed by atoms with Crippen LogP contribution in [0.1, 0.15) is 64.1 Å². The Labute approximate surface area is 257 Å². The number of benzene rings is 4. The zero-order valence-corrected chi connectivity index (χ0v) is 25.1. The monoisotopic (exact) mass is 586 g/mol. The van der Waals surface area contributed by atoms with E-state index in [0.29, 0.717) is 30.9 Å². The van der Waals surface area contributed by atoms with E-state index in [-0.39, 0.29) is 11.6 Å². The summed E-state index contributed by atoms with van der Waals surface area (Å²) in [6.45, 7) is 3.24. The molecule has 1 amide bonds. The molecule has 3 N–H and O–H groups in total. The predicted octanol–water partition coefficient (Wildman–Crippen LogP) is 8.17. The van der Waals surface area contributed by atoms with Crippen LogP contribution in [0.2, 0.25) is 0 Å². The van der Waals surface area contributed by atoms with E-state index < -0.39 is 5.97 Å². The fourth-order valence-corrected chi connectivity index (χ4v) is 7.70. The molecule has 0 radical (unpaired) electrons. The second-order valence-electron chi connectivity index (χ2n) is 12.6. The van der Waals surface area contributed by atoms with Crippen LogP contribution in [0.25, 0.3) is 32.8 Å². The molecule has 0 saturated heterocycles. The van der Waals surface area contributed by atoms with E-state index >= 15 is 0 Å². The largest absolute Gasteiger partial charge is 0.493 e. The number of amides is 1. The molecule has 0 spiro atoms. The molecule has 6 nitrogen and oxygen atoms in total. The Kier molecular flexibility index (Phi) is 7.59. The summed E-state index contributed by atoms with van der Waals surface area (Å²) in [5, 5.41) is 16.4. The molecule has 1 aromatic heterocycles. The van der Waals surface area contributed by atoms with Crippen LogP contribution < -0.4 is 10.1 Å². The van der Waals surface area contributed by atoms with Crippen molar-refractivity contribution in [1.29, 1.82) is 0 Å². The van der Waals surface area contributed by atoms with Gasteiger partial charge in [0.05, 0.1) is 12.1 Å². The van der Waals surface area contributed by atoms with E-state index in [4.69, 9.17) is 4.74 Å². The van der Waals surface area contributed by atoms with Crippen molar-refractivity contribution in [2.45, 2.75) is 45.4 Å². The number of ether oxygens (including phenoxy) is 1. The fourth-order valence-electron chi connectivity index (χ4n) is 7.70. The molecule has 7 rings (SSSR count). The van der Waals surface area contributed by atoms with Gasteiger partial charge in [-0.25, -0.2) is 4.79 Å². The van der Waals surface area contributed by atoms with Crippen molar-refractivity contribution in [3.63, 3.8) is 0 Å². The number of aromatic nitrogens is 1. The quantitative estimate of drug-likeness (QED) is 0.144. The van der Waals surface area contributed by atoms with Gasteiger partial charge in [-0.05, 0) is 97.1 Å². The number of aromatic carboxylic acids is 1. The molecule has 6 heteroatoms. The second-order valence-corrected chi connectivity index (χ2v) is 12.6. The van der Waals surface area contributed by atoms with Crippen molar-refractivity contribution < 1.29 is 19.4 Å². The third-order valence-electron chi connectivity index (χ3n) is 9.93. The minimum absolute atomic E-state index is 0.0502. The number of carbonyl (C=O) groups is 2. The van der Waals surface area contributed by atoms with E-state index in [9.17, 15) is 14.7 Å². The first-order chi connectivity index (χ1) is 21.5. The molecule has 2 bridgehead atoms. The van der Waals surface area contributed by atoms with Crippen molar-refractivity contribution in [1.82, 2.24) is 10.3 Å². The molecular weight excluding hydrogens is 548 g/mol. The van der Waals surface area contributed by atoms with Crippen molar-refractivity contribution in [2.75, 3.05) is 13.2 Å². The molecule has 2 aliphatic carbocycles. The number of carboxylic acids is 1. The first-order valence-electron chi connectivity index (χ1n) is 15.8. The van der Waals surface area contributed by atoms with E-state index in [1.165, 1.54) is 25.7 Å². The topological polar surface area (TPSA) is 91.4 Å². The maximum atomic E-state index is 13.2. The third-order valence-corrected chi connectivity index (χ3v) is 9.93. The first kappa shape index (κ1) is 28.2. The van der Waals surface area contributed by atoms with E-state index in [0.717, 1.165) is 68.1 Å². The SMILES string of the molecule is Cc1ccc(C(=O)NCC2C[C@@H]3CC[C@H]2C3)cc1-c1cccc2c(CCCOc3cccc4ccccc34)c(C(=O)O)[nH]c12. The maximum absolute atomic E-state index is 13.2. The molecule has 1 unspecified atom stereocenters. The predicted molar refractivity (Wildman–Crippen MR) is 174 cm³/mol. The van der Waals surface area contributed by atoms with Gasteiger partial charge >= 0.3 is 5.97 Å². The Morgan fingerprint density at radius 1 is 0.932 bits per heavy atom. The number of carboxylic acid groups (broad SMARTS) is 1. The van der Waals surface area contributed by atoms with Crippen LogP contribution in [0.5, 0.6) is 5.75 Å². The normalized spacial score (nSPS) is 19.1. The number of rotatable bonds is 10. The van der Waals surface area contributed by atoms with Gasteiger partial charge < -0.3 is 20.1 Å². The van der Waals surface area contributed by atoms with E-state index in [1.807, 2.05) is 73.7 Å². The Morgan fingerprint density at radius 3 is 2.57 bits per heavy atom. The van der Waals surface area contributed by atoms with Crippen LogP contribution >= 0.6 is 0 Å². The van der Waals surface area contributed by atoms with Gasteiger partial charge in [-0.3, -0.25) is 4.79 Å². The van der Waals surface area contributed by atoms with Crippen LogP contribution in [-0.2, 0) is 6.42 Å². The minimum Gasteiger partial charge on any atom is -0.493 e. The Bertz CT molecular complexity index is 1870. The minimum atomic E-state index is -0.984. The fraction of sp³-hybridized carbons (Fsp3) is 0.316. The molecule has 0 aliphatic heterocycles. The summed E-state index contributed by atoms with van der Waals surface area (Å²) < 4.78 is 6.15. The van der Waals surface area contributed by atoms with Crippen LogP contribution in [0.4, 0.5) is 0 Å². The number of carbonyl (C=O) groups excluding carboxylic acids is 1. The van der Waals surface area contributed by atoms with Gasteiger partial charge in [0, 0.05) is 28.4 Å². The first-order valence-corrected chi connectivity index (χ1v) is 15.8. The van der Waals surface area contributed by atoms with Crippen LogP contribution in [0.3, 0.4) is 0 Å². The molecule has 2 aliphatic rings. The lowest BCUT2D eigenvalue weighted by Gasteiger charge is -2.22. The van der Waals surface area contributed by atoms with Crippen molar-refractivity contribution >= 4 is 33.6 Å². The average molecular weight is 587 g/mol. The van der Waals surface area contributed by atoms with Gasteiger partial charge in [-0.2, -0.15) is 0 Å². The maximum Gasteiger partial charge on any atom is 0.352 e. The number of fused-ring (bicyclic) bond motifs is 4. The number of hydrogen-bond acceptors (Lipinski definition) is 3. The molecule has 5 aromatic rings. The highest BCUT2D eigenvalue weighted by Crippen LogP contribution is 2.48. The lowest BCUT2D eigenvalue weighted by Crippen LogP contribution is -2.31. The molecule has 224 valence electrons. The summed E-state index contributed by atoms with van der Waals surface area (Å²) >= 11 is 0. The van der Waals surface area contributed by atoms with Gasteiger partial charge in [0.2, 0.25) is 0 Å². The summed E-state index contributed by atoms with van der Waals surface area (Å²) in [7, 11) is 0. The number of H-pyrrole nitrogens is 1. The molecule has 44 heavy (non-hydrogen) atoms. The second kappa shape index (κ2) is 11.8. The summed E-state index contributed by atoms with van der Waals surface area (Å²) in [6, 6.07) is 25.9. The molecule has 3 atom stereocenters. The number of para-hydroxylation sites is 1. The number of aromatic amines is 1. The zero-order chi connectivity index (χ0) is 30.2. The van der Waals surface area contributed by atoms with Crippen molar-refractivity contribution in [3.8, 4) is 16.9 Å². The Morgan fingerprint density at radius 2 is 1.75 bits per heavy atom. The van der Waals surface area contributed by atoms with Crippen LogP contribution in [0.15, 0.2) is 78.9 Å². The van der Waals surface area contributed by atoms with Crippen LogP contribution in [-0.4, -0.2) is 35.1 Å². The highest BCUT2D eigenvalue weighted by Gasteiger charge is 2.39. The Balaban J connectivity index is 1.11. The number of aryl methyl sites for hydroxylation is 2. The third kappa shape index (κ3) is 5.34. The Hall–Kier alpha value is -4.58. The van der Waals surface area contributed by atoms with Crippen molar-refractivity contribution in [2.24, 2.45) is 17.8 Å². The van der Waals surface area contributed by atoms with Gasteiger partial charge in [0.1, 0.15) is 11.4 Å². The average Bonchev–Trinajstić information content (AvgIpc) is 3.77. The lowest BCUT2D eigenvalue weighted by atomic mass is 9.89. The summed E-state index contributed by atoms with van der Waals surface area (Å²) in [5.74, 6) is 2.01. The smallest absolute Gasteiger partial charge is 0.352 e. The van der Waals surface area contributed by atoms with E-state index in [2.05, 4.69) is 22.4 Å². The summed E-state index contributed by atoms with van der Waals surface area (Å²) in [5.41, 5.74) is 5.22. The molecule has 2 fully saturated rings. The van der Waals surface area contributed by atoms with Gasteiger partial charge in [0.15, 0.2) is 0 Å². The molecular formula is C38H38N2O4. The molecule has 4 aromatic carbocycles. The zero-order valence-electron chi connectivity index (χ0n) is 25.1. The number of hydrogen-bond donors (Lipinski definition) is 3. The molecule has 1 heterocycles. The summed E-state index contributed by atoms with van der Waals surface area (Å²) in [4.78, 5) is 28.8.